The monoisotopic (exact) mass is 389 g/mol. The lowest BCUT2D eigenvalue weighted by atomic mass is 9.96. The number of nitrogens with zero attached hydrogens (tertiary/aromatic N) is 4. The molecule has 148 valence electrons. The SMILES string of the molecule is O=C(c1cnc(-c2ccccn2)[nH]c1=O)N1CCCC[C@@H]1CCc1ccccn1. The van der Waals surface area contributed by atoms with Gasteiger partial charge in [-0.1, -0.05) is 12.1 Å². The highest BCUT2D eigenvalue weighted by Gasteiger charge is 2.29. The average molecular weight is 389 g/mol. The van der Waals surface area contributed by atoms with Gasteiger partial charge in [0.05, 0.1) is 0 Å². The number of piperidine rings is 1. The number of aryl methyl sites for hydroxylation is 1. The Bertz CT molecular complexity index is 1020. The van der Waals surface area contributed by atoms with E-state index in [9.17, 15) is 9.59 Å². The van der Waals surface area contributed by atoms with E-state index in [2.05, 4.69) is 19.9 Å². The molecule has 1 fully saturated rings. The molecular weight excluding hydrogens is 366 g/mol. The van der Waals surface area contributed by atoms with Gasteiger partial charge in [0, 0.05) is 36.9 Å². The number of carbonyl (C=O) groups is 1. The number of likely N-dealkylation sites (tertiary alicyclic amines) is 1. The number of aromatic amines is 1. The van der Waals surface area contributed by atoms with Gasteiger partial charge < -0.3 is 9.88 Å². The number of hydrogen-bond acceptors (Lipinski definition) is 5. The summed E-state index contributed by atoms with van der Waals surface area (Å²) >= 11 is 0. The summed E-state index contributed by atoms with van der Waals surface area (Å²) in [6.07, 6.45) is 9.41. The van der Waals surface area contributed by atoms with Crippen LogP contribution in [0.1, 0.15) is 41.7 Å². The van der Waals surface area contributed by atoms with Crippen LogP contribution in [0.25, 0.3) is 11.5 Å². The van der Waals surface area contributed by atoms with Crippen molar-refractivity contribution < 1.29 is 4.79 Å². The molecule has 29 heavy (non-hydrogen) atoms. The molecule has 7 heteroatoms. The fourth-order valence-corrected chi connectivity index (χ4v) is 3.76. The van der Waals surface area contributed by atoms with Gasteiger partial charge in [0.1, 0.15) is 11.3 Å². The van der Waals surface area contributed by atoms with Gasteiger partial charge in [0.25, 0.3) is 11.5 Å². The first-order chi connectivity index (χ1) is 14.2. The van der Waals surface area contributed by atoms with Crippen molar-refractivity contribution >= 4 is 5.91 Å². The molecule has 0 saturated carbocycles. The van der Waals surface area contributed by atoms with Crippen molar-refractivity contribution in [1.82, 2.24) is 24.8 Å². The molecule has 1 amide bonds. The molecule has 1 N–H and O–H groups in total. The summed E-state index contributed by atoms with van der Waals surface area (Å²) in [4.78, 5) is 43.1. The summed E-state index contributed by atoms with van der Waals surface area (Å²) in [5, 5.41) is 0. The van der Waals surface area contributed by atoms with Crippen LogP contribution in [0.2, 0.25) is 0 Å². The number of nitrogens with one attached hydrogen (secondary N) is 1. The maximum atomic E-state index is 13.1. The third-order valence-corrected chi connectivity index (χ3v) is 5.29. The van der Waals surface area contributed by atoms with Gasteiger partial charge in [-0.3, -0.25) is 19.6 Å². The number of amides is 1. The van der Waals surface area contributed by atoms with E-state index < -0.39 is 5.56 Å². The van der Waals surface area contributed by atoms with Crippen molar-refractivity contribution in [2.45, 2.75) is 38.1 Å². The zero-order valence-electron chi connectivity index (χ0n) is 16.1. The second kappa shape index (κ2) is 8.77. The predicted octanol–water partition coefficient (Wildman–Crippen LogP) is 2.85. The Morgan fingerprint density at radius 1 is 1.07 bits per heavy atom. The highest BCUT2D eigenvalue weighted by Crippen LogP contribution is 2.22. The van der Waals surface area contributed by atoms with Crippen LogP contribution in [-0.2, 0) is 6.42 Å². The molecule has 0 radical (unpaired) electrons. The van der Waals surface area contributed by atoms with E-state index >= 15 is 0 Å². The smallest absolute Gasteiger partial charge is 0.264 e. The number of rotatable bonds is 5. The van der Waals surface area contributed by atoms with Gasteiger partial charge in [-0.25, -0.2) is 4.98 Å². The van der Waals surface area contributed by atoms with Gasteiger partial charge in [0.15, 0.2) is 5.82 Å². The van der Waals surface area contributed by atoms with Crippen molar-refractivity contribution in [3.63, 3.8) is 0 Å². The van der Waals surface area contributed by atoms with Crippen LogP contribution < -0.4 is 5.56 Å². The van der Waals surface area contributed by atoms with Crippen molar-refractivity contribution in [1.29, 1.82) is 0 Å². The van der Waals surface area contributed by atoms with Crippen LogP contribution in [0.4, 0.5) is 0 Å². The maximum absolute atomic E-state index is 13.1. The maximum Gasteiger partial charge on any atom is 0.264 e. The highest BCUT2D eigenvalue weighted by atomic mass is 16.2. The lowest BCUT2D eigenvalue weighted by molar-refractivity contribution is 0.0599. The third kappa shape index (κ3) is 4.39. The summed E-state index contributed by atoms with van der Waals surface area (Å²) in [5.74, 6) is 0.106. The van der Waals surface area contributed by atoms with Gasteiger partial charge in [-0.05, 0) is 56.4 Å². The molecule has 4 rings (SSSR count). The summed E-state index contributed by atoms with van der Waals surface area (Å²) in [5.41, 5.74) is 1.23. The molecule has 1 aliphatic rings. The van der Waals surface area contributed by atoms with E-state index in [1.165, 1.54) is 6.20 Å². The Labute approximate surface area is 168 Å². The molecule has 1 atom stereocenters. The molecule has 7 nitrogen and oxygen atoms in total. The van der Waals surface area contributed by atoms with Gasteiger partial charge in [0.2, 0.25) is 0 Å². The molecule has 0 aromatic carbocycles. The zero-order valence-corrected chi connectivity index (χ0v) is 16.1. The summed E-state index contributed by atoms with van der Waals surface area (Å²) in [7, 11) is 0. The largest absolute Gasteiger partial charge is 0.335 e. The zero-order chi connectivity index (χ0) is 20.1. The van der Waals surface area contributed by atoms with Crippen molar-refractivity contribution in [2.75, 3.05) is 6.54 Å². The van der Waals surface area contributed by atoms with E-state index in [4.69, 9.17) is 0 Å². The number of pyridine rings is 2. The van der Waals surface area contributed by atoms with E-state index in [1.807, 2.05) is 29.2 Å². The molecule has 3 aromatic heterocycles. The lowest BCUT2D eigenvalue weighted by Gasteiger charge is -2.35. The van der Waals surface area contributed by atoms with Crippen LogP contribution >= 0.6 is 0 Å². The molecule has 4 heterocycles. The Hall–Kier alpha value is -3.35. The van der Waals surface area contributed by atoms with Crippen LogP contribution in [0.5, 0.6) is 0 Å². The molecule has 0 aliphatic carbocycles. The molecule has 0 bridgehead atoms. The molecule has 0 spiro atoms. The number of H-pyrrole nitrogens is 1. The van der Waals surface area contributed by atoms with Gasteiger partial charge in [-0.15, -0.1) is 0 Å². The number of carbonyl (C=O) groups excluding carboxylic acids is 1. The minimum atomic E-state index is -0.431. The summed E-state index contributed by atoms with van der Waals surface area (Å²) < 4.78 is 0. The Balaban J connectivity index is 1.51. The predicted molar refractivity (Wildman–Crippen MR) is 109 cm³/mol. The lowest BCUT2D eigenvalue weighted by Crippen LogP contribution is -2.45. The second-order valence-electron chi connectivity index (χ2n) is 7.20. The van der Waals surface area contributed by atoms with Crippen LogP contribution in [0.15, 0.2) is 59.8 Å². The first kappa shape index (κ1) is 19.0. The topological polar surface area (TPSA) is 91.8 Å². The molecule has 0 unspecified atom stereocenters. The van der Waals surface area contributed by atoms with Crippen molar-refractivity contribution in [3.05, 3.63) is 76.6 Å². The quantitative estimate of drug-likeness (QED) is 0.724. The highest BCUT2D eigenvalue weighted by molar-refractivity contribution is 5.94. The molecule has 3 aromatic rings. The van der Waals surface area contributed by atoms with E-state index in [-0.39, 0.29) is 17.5 Å². The summed E-state index contributed by atoms with van der Waals surface area (Å²) in [6, 6.07) is 11.3. The van der Waals surface area contributed by atoms with Crippen molar-refractivity contribution in [3.8, 4) is 11.5 Å². The molecule has 1 saturated heterocycles. The average Bonchev–Trinajstić information content (AvgIpc) is 2.79. The normalized spacial score (nSPS) is 16.6. The minimum Gasteiger partial charge on any atom is -0.335 e. The molecular formula is C22H23N5O2. The molecule has 1 aliphatic heterocycles. The standard InChI is InChI=1S/C22H23N5O2/c28-21-18(15-25-20(26-21)19-9-2-5-13-24-19)22(29)27-14-6-3-8-17(27)11-10-16-7-1-4-12-23-16/h1-2,4-5,7,9,12-13,15,17H,3,6,8,10-11,14H2,(H,25,26,28)/t17-/m1/s1. The number of hydrogen-bond donors (Lipinski definition) is 1. The Morgan fingerprint density at radius 3 is 2.62 bits per heavy atom. The number of aromatic nitrogens is 4. The van der Waals surface area contributed by atoms with E-state index in [0.29, 0.717) is 18.1 Å². The first-order valence-electron chi connectivity index (χ1n) is 9.94. The Morgan fingerprint density at radius 2 is 1.90 bits per heavy atom. The third-order valence-electron chi connectivity index (χ3n) is 5.29. The van der Waals surface area contributed by atoms with Crippen LogP contribution in [0, 0.1) is 0 Å². The van der Waals surface area contributed by atoms with Crippen LogP contribution in [-0.4, -0.2) is 43.3 Å². The first-order valence-corrected chi connectivity index (χ1v) is 9.94. The second-order valence-corrected chi connectivity index (χ2v) is 7.20. The van der Waals surface area contributed by atoms with E-state index in [0.717, 1.165) is 37.8 Å². The summed E-state index contributed by atoms with van der Waals surface area (Å²) in [6.45, 7) is 0.660. The van der Waals surface area contributed by atoms with Gasteiger partial charge in [-0.2, -0.15) is 0 Å². The van der Waals surface area contributed by atoms with Crippen LogP contribution in [0.3, 0.4) is 0 Å². The fraction of sp³-hybridized carbons (Fsp3) is 0.318. The Kier molecular flexibility index (Phi) is 5.74. The van der Waals surface area contributed by atoms with Crippen molar-refractivity contribution in [2.24, 2.45) is 0 Å². The van der Waals surface area contributed by atoms with E-state index in [1.54, 1.807) is 24.5 Å². The fourth-order valence-electron chi connectivity index (χ4n) is 3.76. The van der Waals surface area contributed by atoms with Gasteiger partial charge >= 0.3 is 0 Å². The minimum absolute atomic E-state index is 0.0782.